The Bertz CT molecular complexity index is 1110. The monoisotopic (exact) mass is 446 g/mol. The van der Waals surface area contributed by atoms with E-state index in [1.54, 1.807) is 12.3 Å². The van der Waals surface area contributed by atoms with Crippen molar-refractivity contribution in [2.24, 2.45) is 0 Å². The number of aromatic nitrogens is 1. The van der Waals surface area contributed by atoms with Crippen LogP contribution in [0.2, 0.25) is 0 Å². The summed E-state index contributed by atoms with van der Waals surface area (Å²) in [6.45, 7) is 4.69. The highest BCUT2D eigenvalue weighted by molar-refractivity contribution is 5.89. The van der Waals surface area contributed by atoms with E-state index in [2.05, 4.69) is 40.2 Å². The van der Waals surface area contributed by atoms with Gasteiger partial charge in [-0.1, -0.05) is 6.07 Å². The van der Waals surface area contributed by atoms with E-state index in [0.717, 1.165) is 41.3 Å². The molecule has 2 aromatic carbocycles. The largest absolute Gasteiger partial charge is 0.493 e. The number of hydrogen-bond donors (Lipinski definition) is 1. The van der Waals surface area contributed by atoms with Crippen LogP contribution in [0.15, 0.2) is 60.9 Å². The maximum atomic E-state index is 11.5. The molecule has 3 aromatic rings. The molecule has 1 aliphatic rings. The number of nitrogens with zero attached hydrogens (tertiary/aromatic N) is 2. The van der Waals surface area contributed by atoms with Crippen molar-refractivity contribution in [2.75, 3.05) is 18.6 Å². The van der Waals surface area contributed by atoms with E-state index in [-0.39, 0.29) is 6.10 Å². The molecule has 33 heavy (non-hydrogen) atoms. The van der Waals surface area contributed by atoms with Gasteiger partial charge in [0.15, 0.2) is 0 Å². The van der Waals surface area contributed by atoms with Gasteiger partial charge < -0.3 is 19.5 Å². The number of anilines is 2. The van der Waals surface area contributed by atoms with Gasteiger partial charge in [-0.25, -0.2) is 4.79 Å². The second kappa shape index (κ2) is 9.94. The molecule has 172 valence electrons. The first-order chi connectivity index (χ1) is 15.9. The number of benzene rings is 2. The zero-order chi connectivity index (χ0) is 23.4. The minimum atomic E-state index is -0.906. The van der Waals surface area contributed by atoms with Gasteiger partial charge in [-0.3, -0.25) is 4.98 Å². The number of rotatable bonds is 8. The first-order valence-electron chi connectivity index (χ1n) is 11.4. The SMILES string of the molecule is CC(C)Oc1ccc(N(C)c2ccc3c(c2)OCC[C@H]3CCc2cnccc2C(=O)O)cc1. The van der Waals surface area contributed by atoms with Crippen molar-refractivity contribution in [3.63, 3.8) is 0 Å². The van der Waals surface area contributed by atoms with Gasteiger partial charge in [0.2, 0.25) is 0 Å². The van der Waals surface area contributed by atoms with E-state index in [1.807, 2.05) is 33.0 Å². The van der Waals surface area contributed by atoms with E-state index in [0.29, 0.717) is 24.5 Å². The molecule has 1 aliphatic heterocycles. The van der Waals surface area contributed by atoms with Gasteiger partial charge in [0.1, 0.15) is 11.5 Å². The number of fused-ring (bicyclic) bond motifs is 1. The summed E-state index contributed by atoms with van der Waals surface area (Å²) in [6, 6.07) is 16.0. The minimum Gasteiger partial charge on any atom is -0.493 e. The quantitative estimate of drug-likeness (QED) is 0.469. The molecule has 0 saturated heterocycles. The van der Waals surface area contributed by atoms with Crippen LogP contribution in [0.5, 0.6) is 11.5 Å². The Balaban J connectivity index is 1.48. The highest BCUT2D eigenvalue weighted by Crippen LogP contribution is 2.40. The normalized spacial score (nSPS) is 15.0. The van der Waals surface area contributed by atoms with Crippen LogP contribution in [-0.4, -0.2) is 35.8 Å². The van der Waals surface area contributed by atoms with E-state index in [9.17, 15) is 9.90 Å². The summed E-state index contributed by atoms with van der Waals surface area (Å²) >= 11 is 0. The molecule has 0 fully saturated rings. The number of carboxylic acids is 1. The van der Waals surface area contributed by atoms with Crippen molar-refractivity contribution >= 4 is 17.3 Å². The van der Waals surface area contributed by atoms with Crippen molar-refractivity contribution in [1.82, 2.24) is 4.98 Å². The Hall–Kier alpha value is -3.54. The third kappa shape index (κ3) is 5.28. The van der Waals surface area contributed by atoms with Crippen molar-refractivity contribution in [3.8, 4) is 11.5 Å². The number of carbonyl (C=O) groups is 1. The Morgan fingerprint density at radius 3 is 2.67 bits per heavy atom. The fraction of sp³-hybridized carbons (Fsp3) is 0.333. The average molecular weight is 447 g/mol. The van der Waals surface area contributed by atoms with E-state index >= 15 is 0 Å². The molecular formula is C27H30N2O4. The van der Waals surface area contributed by atoms with Crippen LogP contribution in [0.1, 0.15) is 54.1 Å². The minimum absolute atomic E-state index is 0.146. The highest BCUT2D eigenvalue weighted by Gasteiger charge is 2.23. The first kappa shape index (κ1) is 22.6. The Kier molecular flexibility index (Phi) is 6.82. The summed E-state index contributed by atoms with van der Waals surface area (Å²) in [4.78, 5) is 17.7. The number of aromatic carboxylic acids is 1. The van der Waals surface area contributed by atoms with Crippen molar-refractivity contribution in [2.45, 2.75) is 45.1 Å². The van der Waals surface area contributed by atoms with Crippen LogP contribution < -0.4 is 14.4 Å². The van der Waals surface area contributed by atoms with Gasteiger partial charge in [0.25, 0.3) is 0 Å². The molecule has 1 atom stereocenters. The smallest absolute Gasteiger partial charge is 0.336 e. The summed E-state index contributed by atoms with van der Waals surface area (Å²) in [6.07, 6.45) is 5.79. The van der Waals surface area contributed by atoms with Gasteiger partial charge in [-0.2, -0.15) is 0 Å². The summed E-state index contributed by atoms with van der Waals surface area (Å²) in [7, 11) is 2.04. The predicted molar refractivity (Wildman–Crippen MR) is 129 cm³/mol. The molecule has 0 spiro atoms. The number of pyridine rings is 1. The molecule has 6 nitrogen and oxygen atoms in total. The van der Waals surface area contributed by atoms with Crippen LogP contribution in [-0.2, 0) is 6.42 Å². The molecule has 0 bridgehead atoms. The molecule has 0 aliphatic carbocycles. The summed E-state index contributed by atoms with van der Waals surface area (Å²) in [5.41, 5.74) is 4.40. The van der Waals surface area contributed by atoms with Gasteiger partial charge in [-0.05, 0) is 86.6 Å². The summed E-state index contributed by atoms with van der Waals surface area (Å²) in [5.74, 6) is 1.18. The second-order valence-corrected chi connectivity index (χ2v) is 8.65. The fourth-order valence-corrected chi connectivity index (χ4v) is 4.29. The lowest BCUT2D eigenvalue weighted by atomic mass is 9.87. The highest BCUT2D eigenvalue weighted by atomic mass is 16.5. The van der Waals surface area contributed by atoms with Crippen LogP contribution in [0.3, 0.4) is 0 Å². The van der Waals surface area contributed by atoms with Gasteiger partial charge in [0.05, 0.1) is 18.3 Å². The number of carboxylic acid groups (broad SMARTS) is 1. The van der Waals surface area contributed by atoms with Crippen LogP contribution in [0.4, 0.5) is 11.4 Å². The topological polar surface area (TPSA) is 71.9 Å². The third-order valence-corrected chi connectivity index (χ3v) is 6.04. The van der Waals surface area contributed by atoms with E-state index < -0.39 is 5.97 Å². The molecule has 1 aromatic heterocycles. The zero-order valence-electron chi connectivity index (χ0n) is 19.3. The summed E-state index contributed by atoms with van der Waals surface area (Å²) in [5, 5.41) is 9.43. The van der Waals surface area contributed by atoms with E-state index in [1.165, 1.54) is 11.8 Å². The van der Waals surface area contributed by atoms with Crippen molar-refractivity contribution in [3.05, 3.63) is 77.6 Å². The zero-order valence-corrected chi connectivity index (χ0v) is 19.3. The number of aryl methyl sites for hydroxylation is 1. The standard InChI is InChI=1S/C27H30N2O4/c1-18(2)33-23-9-6-21(7-10-23)29(3)22-8-11-24-19(13-15-32-26(24)16-22)4-5-20-17-28-14-12-25(20)27(30)31/h6-12,14,16-19H,4-5,13,15H2,1-3H3,(H,30,31)/t19-/m1/s1. The Morgan fingerprint density at radius 1 is 1.18 bits per heavy atom. The van der Waals surface area contributed by atoms with Crippen molar-refractivity contribution in [1.29, 1.82) is 0 Å². The van der Waals surface area contributed by atoms with Gasteiger partial charge in [-0.15, -0.1) is 0 Å². The Morgan fingerprint density at radius 2 is 1.94 bits per heavy atom. The molecule has 0 amide bonds. The van der Waals surface area contributed by atoms with Crippen LogP contribution in [0.25, 0.3) is 0 Å². The third-order valence-electron chi connectivity index (χ3n) is 6.04. The maximum Gasteiger partial charge on any atom is 0.336 e. The molecular weight excluding hydrogens is 416 g/mol. The van der Waals surface area contributed by atoms with Gasteiger partial charge >= 0.3 is 5.97 Å². The molecule has 0 unspecified atom stereocenters. The molecule has 0 radical (unpaired) electrons. The lowest BCUT2D eigenvalue weighted by Gasteiger charge is -2.28. The maximum absolute atomic E-state index is 11.5. The van der Waals surface area contributed by atoms with Crippen LogP contribution >= 0.6 is 0 Å². The summed E-state index contributed by atoms with van der Waals surface area (Å²) < 4.78 is 11.7. The second-order valence-electron chi connectivity index (χ2n) is 8.65. The fourth-order valence-electron chi connectivity index (χ4n) is 4.29. The molecule has 2 heterocycles. The van der Waals surface area contributed by atoms with Crippen LogP contribution in [0, 0.1) is 0 Å². The number of ether oxygens (including phenoxy) is 2. The van der Waals surface area contributed by atoms with E-state index in [4.69, 9.17) is 9.47 Å². The lowest BCUT2D eigenvalue weighted by Crippen LogP contribution is -2.17. The van der Waals surface area contributed by atoms with Crippen molar-refractivity contribution < 1.29 is 19.4 Å². The predicted octanol–water partition coefficient (Wildman–Crippen LogP) is 5.83. The first-order valence-corrected chi connectivity index (χ1v) is 11.4. The molecule has 1 N–H and O–H groups in total. The lowest BCUT2D eigenvalue weighted by molar-refractivity contribution is 0.0695. The molecule has 0 saturated carbocycles. The van der Waals surface area contributed by atoms with Gasteiger partial charge in [0, 0.05) is 36.9 Å². The number of hydrogen-bond acceptors (Lipinski definition) is 5. The Labute approximate surface area is 194 Å². The molecule has 4 rings (SSSR count). The molecule has 6 heteroatoms. The average Bonchev–Trinajstić information content (AvgIpc) is 2.82.